The van der Waals surface area contributed by atoms with E-state index >= 15 is 0 Å². The molecule has 0 unspecified atom stereocenters. The number of hydrogen-bond donors (Lipinski definition) is 1. The van der Waals surface area contributed by atoms with E-state index in [0.29, 0.717) is 17.9 Å². The van der Waals surface area contributed by atoms with Crippen LogP contribution < -0.4 is 10.1 Å². The van der Waals surface area contributed by atoms with Gasteiger partial charge in [0.1, 0.15) is 0 Å². The number of para-hydroxylation sites is 1. The molecule has 4 aromatic rings. The van der Waals surface area contributed by atoms with Gasteiger partial charge in [-0.25, -0.2) is 0 Å². The van der Waals surface area contributed by atoms with E-state index in [9.17, 15) is 4.79 Å². The second kappa shape index (κ2) is 6.80. The van der Waals surface area contributed by atoms with Gasteiger partial charge in [0.25, 0.3) is 5.91 Å². The minimum absolute atomic E-state index is 0.262. The van der Waals surface area contributed by atoms with Gasteiger partial charge >= 0.3 is 0 Å². The number of fused-ring (bicyclic) bond motifs is 1. The molecule has 2 heterocycles. The molecule has 0 saturated carbocycles. The molecule has 1 N–H and O–H groups in total. The van der Waals surface area contributed by atoms with Gasteiger partial charge in [0.05, 0.1) is 19.6 Å². The third-order valence-electron chi connectivity index (χ3n) is 4.21. The Balaban J connectivity index is 1.45. The monoisotopic (exact) mass is 347 g/mol. The molecule has 5 heteroatoms. The van der Waals surface area contributed by atoms with Crippen molar-refractivity contribution in [3.8, 4) is 16.9 Å². The largest absolute Gasteiger partial charge is 0.493 e. The van der Waals surface area contributed by atoms with E-state index in [0.717, 1.165) is 22.1 Å². The van der Waals surface area contributed by atoms with Crippen molar-refractivity contribution in [2.45, 2.75) is 6.54 Å². The molecule has 0 atom stereocenters. The van der Waals surface area contributed by atoms with Crippen LogP contribution in [0.25, 0.3) is 22.1 Å². The number of rotatable bonds is 5. The van der Waals surface area contributed by atoms with Crippen molar-refractivity contribution in [2.24, 2.45) is 0 Å². The third kappa shape index (κ3) is 3.07. The smallest absolute Gasteiger partial charge is 0.287 e. The molecular weight excluding hydrogens is 330 g/mol. The Morgan fingerprint density at radius 1 is 1.08 bits per heavy atom. The Bertz CT molecular complexity index is 1030. The molecule has 26 heavy (non-hydrogen) atoms. The predicted molar refractivity (Wildman–Crippen MR) is 98.1 cm³/mol. The SMILES string of the molecule is COc1cccc2cc(C(=O)NCc3ccc(-c4ccoc4)cc3)oc12. The number of ether oxygens (including phenoxy) is 1. The maximum absolute atomic E-state index is 12.4. The van der Waals surface area contributed by atoms with Crippen molar-refractivity contribution in [1.82, 2.24) is 5.32 Å². The molecule has 0 aliphatic heterocycles. The number of carbonyl (C=O) groups is 1. The molecule has 0 saturated heterocycles. The Hall–Kier alpha value is -3.47. The Kier molecular flexibility index (Phi) is 4.19. The topological polar surface area (TPSA) is 64.6 Å². The van der Waals surface area contributed by atoms with Crippen molar-refractivity contribution in [3.63, 3.8) is 0 Å². The first-order valence-corrected chi connectivity index (χ1v) is 8.21. The molecule has 0 spiro atoms. The van der Waals surface area contributed by atoms with Gasteiger partial charge in [-0.2, -0.15) is 0 Å². The number of benzene rings is 2. The lowest BCUT2D eigenvalue weighted by molar-refractivity contribution is 0.0925. The van der Waals surface area contributed by atoms with Gasteiger partial charge in [0.2, 0.25) is 0 Å². The van der Waals surface area contributed by atoms with E-state index in [1.165, 1.54) is 0 Å². The number of hydrogen-bond acceptors (Lipinski definition) is 4. The summed E-state index contributed by atoms with van der Waals surface area (Å²) in [6.45, 7) is 0.415. The summed E-state index contributed by atoms with van der Waals surface area (Å²) in [5, 5.41) is 3.71. The molecule has 4 rings (SSSR count). The molecule has 0 aliphatic carbocycles. The van der Waals surface area contributed by atoms with Crippen molar-refractivity contribution < 1.29 is 18.4 Å². The number of furan rings is 2. The molecule has 1 amide bonds. The first-order valence-electron chi connectivity index (χ1n) is 8.21. The van der Waals surface area contributed by atoms with Crippen LogP contribution >= 0.6 is 0 Å². The van der Waals surface area contributed by atoms with E-state index in [2.05, 4.69) is 5.32 Å². The summed E-state index contributed by atoms with van der Waals surface area (Å²) >= 11 is 0. The second-order valence-electron chi connectivity index (χ2n) is 5.88. The summed E-state index contributed by atoms with van der Waals surface area (Å²) in [6.07, 6.45) is 3.35. The quantitative estimate of drug-likeness (QED) is 0.571. The fourth-order valence-electron chi connectivity index (χ4n) is 2.82. The fraction of sp³-hybridized carbons (Fsp3) is 0.0952. The standard InChI is InChI=1S/C21H17NO4/c1-24-18-4-2-3-16-11-19(26-20(16)18)21(23)22-12-14-5-7-15(8-6-14)17-9-10-25-13-17/h2-11,13H,12H2,1H3,(H,22,23). The zero-order valence-corrected chi connectivity index (χ0v) is 14.2. The third-order valence-corrected chi connectivity index (χ3v) is 4.21. The highest BCUT2D eigenvalue weighted by Gasteiger charge is 2.14. The van der Waals surface area contributed by atoms with Crippen LogP contribution in [0.1, 0.15) is 16.1 Å². The van der Waals surface area contributed by atoms with E-state index in [1.54, 1.807) is 31.8 Å². The lowest BCUT2D eigenvalue weighted by Gasteiger charge is -2.05. The average Bonchev–Trinajstić information content (AvgIpc) is 3.35. The number of carbonyl (C=O) groups excluding carboxylic acids is 1. The fourth-order valence-corrected chi connectivity index (χ4v) is 2.82. The number of nitrogens with one attached hydrogen (secondary N) is 1. The summed E-state index contributed by atoms with van der Waals surface area (Å²) in [5.74, 6) is 0.609. The summed E-state index contributed by atoms with van der Waals surface area (Å²) in [5.41, 5.74) is 3.67. The zero-order chi connectivity index (χ0) is 17.9. The Morgan fingerprint density at radius 2 is 1.92 bits per heavy atom. The first-order chi connectivity index (χ1) is 12.7. The zero-order valence-electron chi connectivity index (χ0n) is 14.2. The number of methoxy groups -OCH3 is 1. The van der Waals surface area contributed by atoms with Gasteiger partial charge in [-0.05, 0) is 29.3 Å². The van der Waals surface area contributed by atoms with Crippen molar-refractivity contribution in [2.75, 3.05) is 7.11 Å². The molecular formula is C21H17NO4. The lowest BCUT2D eigenvalue weighted by atomic mass is 10.1. The Labute approximate surface area is 150 Å². The Morgan fingerprint density at radius 3 is 2.65 bits per heavy atom. The van der Waals surface area contributed by atoms with Crippen molar-refractivity contribution in [3.05, 3.63) is 78.4 Å². The summed E-state index contributed by atoms with van der Waals surface area (Å²) in [7, 11) is 1.57. The van der Waals surface area contributed by atoms with Crippen LogP contribution in [0.15, 0.2) is 76.0 Å². The summed E-state index contributed by atoms with van der Waals surface area (Å²) < 4.78 is 16.0. The van der Waals surface area contributed by atoms with Gasteiger partial charge in [-0.1, -0.05) is 36.4 Å². The highest BCUT2D eigenvalue weighted by molar-refractivity contribution is 5.97. The van der Waals surface area contributed by atoms with E-state index in [1.807, 2.05) is 42.5 Å². The van der Waals surface area contributed by atoms with Gasteiger partial charge in [0, 0.05) is 17.5 Å². The van der Waals surface area contributed by atoms with Crippen LogP contribution in [0.5, 0.6) is 5.75 Å². The summed E-state index contributed by atoms with van der Waals surface area (Å²) in [4.78, 5) is 12.4. The molecule has 0 bridgehead atoms. The van der Waals surface area contributed by atoms with Gasteiger partial charge < -0.3 is 18.9 Å². The molecule has 5 nitrogen and oxygen atoms in total. The van der Waals surface area contributed by atoms with Crippen LogP contribution in [0, 0.1) is 0 Å². The molecule has 2 aromatic carbocycles. The molecule has 130 valence electrons. The molecule has 2 aromatic heterocycles. The van der Waals surface area contributed by atoms with E-state index in [4.69, 9.17) is 13.6 Å². The van der Waals surface area contributed by atoms with Gasteiger partial charge in [-0.15, -0.1) is 0 Å². The predicted octanol–water partition coefficient (Wildman–Crippen LogP) is 4.63. The van der Waals surface area contributed by atoms with E-state index < -0.39 is 0 Å². The lowest BCUT2D eigenvalue weighted by Crippen LogP contribution is -2.22. The van der Waals surface area contributed by atoms with Gasteiger partial charge in [-0.3, -0.25) is 4.79 Å². The van der Waals surface area contributed by atoms with Crippen LogP contribution in [0.2, 0.25) is 0 Å². The second-order valence-corrected chi connectivity index (χ2v) is 5.88. The van der Waals surface area contributed by atoms with Crippen LogP contribution in [0.3, 0.4) is 0 Å². The molecule has 0 radical (unpaired) electrons. The van der Waals surface area contributed by atoms with Crippen LogP contribution in [-0.4, -0.2) is 13.0 Å². The molecule has 0 fully saturated rings. The number of amides is 1. The van der Waals surface area contributed by atoms with Crippen LogP contribution in [0.4, 0.5) is 0 Å². The summed E-state index contributed by atoms with van der Waals surface area (Å²) in [6, 6.07) is 17.1. The molecule has 0 aliphatic rings. The van der Waals surface area contributed by atoms with E-state index in [-0.39, 0.29) is 11.7 Å². The average molecular weight is 347 g/mol. The maximum Gasteiger partial charge on any atom is 0.287 e. The minimum atomic E-state index is -0.262. The minimum Gasteiger partial charge on any atom is -0.493 e. The maximum atomic E-state index is 12.4. The normalized spacial score (nSPS) is 10.8. The van der Waals surface area contributed by atoms with Gasteiger partial charge in [0.15, 0.2) is 17.1 Å². The highest BCUT2D eigenvalue weighted by atomic mass is 16.5. The highest BCUT2D eigenvalue weighted by Crippen LogP contribution is 2.28. The van der Waals surface area contributed by atoms with Crippen molar-refractivity contribution >= 4 is 16.9 Å². The van der Waals surface area contributed by atoms with Crippen molar-refractivity contribution in [1.29, 1.82) is 0 Å². The van der Waals surface area contributed by atoms with Crippen LogP contribution in [-0.2, 0) is 6.54 Å². The first kappa shape index (κ1) is 16.0.